The van der Waals surface area contributed by atoms with Gasteiger partial charge in [-0.1, -0.05) is 59.6 Å². The van der Waals surface area contributed by atoms with Gasteiger partial charge in [-0.25, -0.2) is 0 Å². The van der Waals surface area contributed by atoms with Gasteiger partial charge in [-0.05, 0) is 60.4 Å². The van der Waals surface area contributed by atoms with E-state index >= 15 is 0 Å². The molecule has 0 spiro atoms. The minimum absolute atomic E-state index is 0.759. The van der Waals surface area contributed by atoms with Crippen LogP contribution in [-0.4, -0.2) is 0 Å². The van der Waals surface area contributed by atoms with Crippen LogP contribution in [0.25, 0.3) is 23.3 Å². The highest BCUT2D eigenvalue weighted by Gasteiger charge is 2.04. The van der Waals surface area contributed by atoms with Crippen LogP contribution in [0.5, 0.6) is 0 Å². The maximum atomic E-state index is 6.19. The molecule has 0 atom stereocenters. The van der Waals surface area contributed by atoms with Crippen molar-refractivity contribution in [1.82, 2.24) is 0 Å². The molecule has 0 saturated heterocycles. The monoisotopic (exact) mass is 302 g/mol. The topological polar surface area (TPSA) is 0 Å². The van der Waals surface area contributed by atoms with Crippen molar-refractivity contribution < 1.29 is 0 Å². The molecule has 0 nitrogen and oxygen atoms in total. The van der Waals surface area contributed by atoms with Gasteiger partial charge in [0.05, 0.1) is 0 Å². The minimum atomic E-state index is 0.759. The Bertz CT molecular complexity index is 608. The minimum Gasteiger partial charge on any atom is -0.0870 e. The van der Waals surface area contributed by atoms with Crippen molar-refractivity contribution in [2.45, 2.75) is 13.8 Å². The highest BCUT2D eigenvalue weighted by molar-refractivity contribution is 6.32. The summed E-state index contributed by atoms with van der Waals surface area (Å²) in [5, 5.41) is 1.52. The highest BCUT2D eigenvalue weighted by Crippen LogP contribution is 2.29. The fourth-order valence-corrected chi connectivity index (χ4v) is 2.42. The Morgan fingerprint density at radius 1 is 0.700 bits per heavy atom. The second-order valence-corrected chi connectivity index (χ2v) is 5.29. The Balaban J connectivity index is 2.51. The van der Waals surface area contributed by atoms with Crippen LogP contribution in [0.2, 0.25) is 10.0 Å². The summed E-state index contributed by atoms with van der Waals surface area (Å²) in [5.41, 5.74) is 4.30. The zero-order valence-corrected chi connectivity index (χ0v) is 13.0. The van der Waals surface area contributed by atoms with E-state index in [2.05, 4.69) is 12.1 Å². The average molecular weight is 303 g/mol. The molecule has 0 bridgehead atoms. The van der Waals surface area contributed by atoms with Crippen molar-refractivity contribution >= 4 is 35.4 Å². The number of halogens is 2. The lowest BCUT2D eigenvalue weighted by Crippen LogP contribution is -1.83. The van der Waals surface area contributed by atoms with E-state index in [-0.39, 0.29) is 0 Å². The quantitative estimate of drug-likeness (QED) is 0.590. The summed E-state index contributed by atoms with van der Waals surface area (Å²) in [4.78, 5) is 0. The molecule has 2 rings (SSSR count). The molecule has 0 N–H and O–H groups in total. The summed E-state index contributed by atoms with van der Waals surface area (Å²) in [6.45, 7) is 3.96. The van der Waals surface area contributed by atoms with E-state index in [1.807, 2.05) is 62.4 Å². The average Bonchev–Trinajstić information content (AvgIpc) is 2.44. The lowest BCUT2D eigenvalue weighted by atomic mass is 10.0. The van der Waals surface area contributed by atoms with E-state index in [0.29, 0.717) is 0 Å². The Hall–Kier alpha value is -1.50. The summed E-state index contributed by atoms with van der Waals surface area (Å²) in [5.74, 6) is 0. The lowest BCUT2D eigenvalue weighted by molar-refractivity contribution is 1.57. The zero-order chi connectivity index (χ0) is 14.5. The van der Waals surface area contributed by atoms with Crippen molar-refractivity contribution in [1.29, 1.82) is 0 Å². The molecule has 0 unspecified atom stereocenters. The predicted octanol–water partition coefficient (Wildman–Crippen LogP) is 6.73. The number of hydrogen-bond donors (Lipinski definition) is 0. The van der Waals surface area contributed by atoms with Crippen molar-refractivity contribution in [3.05, 3.63) is 69.7 Å². The van der Waals surface area contributed by atoms with Crippen LogP contribution in [0, 0.1) is 0 Å². The van der Waals surface area contributed by atoms with Gasteiger partial charge in [0.25, 0.3) is 0 Å². The fourth-order valence-electron chi connectivity index (χ4n) is 2.06. The summed E-state index contributed by atoms with van der Waals surface area (Å²) in [6, 6.07) is 12.1. The van der Waals surface area contributed by atoms with E-state index in [1.165, 1.54) is 0 Å². The van der Waals surface area contributed by atoms with Gasteiger partial charge in [0.2, 0.25) is 0 Å². The summed E-state index contributed by atoms with van der Waals surface area (Å²) < 4.78 is 0. The van der Waals surface area contributed by atoms with Crippen LogP contribution < -0.4 is 0 Å². The van der Waals surface area contributed by atoms with Gasteiger partial charge >= 0.3 is 0 Å². The molecule has 2 heteroatoms. The molecule has 0 aliphatic rings. The third kappa shape index (κ3) is 3.33. The molecular formula is C18H16Cl2. The van der Waals surface area contributed by atoms with Crippen LogP contribution in [0.4, 0.5) is 0 Å². The van der Waals surface area contributed by atoms with Gasteiger partial charge in [-0.2, -0.15) is 0 Å². The van der Waals surface area contributed by atoms with Crippen molar-refractivity contribution in [3.8, 4) is 11.1 Å². The summed E-state index contributed by atoms with van der Waals surface area (Å²) in [6.07, 6.45) is 7.99. The van der Waals surface area contributed by atoms with Crippen LogP contribution in [0.1, 0.15) is 25.0 Å². The first-order chi connectivity index (χ1) is 9.65. The molecule has 0 aliphatic carbocycles. The summed E-state index contributed by atoms with van der Waals surface area (Å²) >= 11 is 12.4. The maximum absolute atomic E-state index is 6.19. The molecular weight excluding hydrogens is 287 g/mol. The molecule has 0 fully saturated rings. The van der Waals surface area contributed by atoms with Crippen LogP contribution >= 0.6 is 23.2 Å². The fraction of sp³-hybridized carbons (Fsp3) is 0.111. The zero-order valence-electron chi connectivity index (χ0n) is 11.5. The van der Waals surface area contributed by atoms with Gasteiger partial charge in [-0.15, -0.1) is 0 Å². The van der Waals surface area contributed by atoms with E-state index < -0.39 is 0 Å². The molecule has 2 aromatic rings. The van der Waals surface area contributed by atoms with Crippen molar-refractivity contribution in [3.63, 3.8) is 0 Å². The van der Waals surface area contributed by atoms with Crippen molar-refractivity contribution in [2.75, 3.05) is 0 Å². The Labute approximate surface area is 130 Å². The SMILES string of the molecule is CC=Cc1cc(-c2ccc(Cl)c(C=CC)c2)ccc1Cl. The molecule has 0 aromatic heterocycles. The molecule has 20 heavy (non-hydrogen) atoms. The van der Waals surface area contributed by atoms with Crippen LogP contribution in [0.3, 0.4) is 0 Å². The van der Waals surface area contributed by atoms with Gasteiger partial charge < -0.3 is 0 Å². The second kappa shape index (κ2) is 6.78. The third-order valence-electron chi connectivity index (χ3n) is 3.02. The number of rotatable bonds is 3. The highest BCUT2D eigenvalue weighted by atomic mass is 35.5. The predicted molar refractivity (Wildman–Crippen MR) is 91.3 cm³/mol. The second-order valence-electron chi connectivity index (χ2n) is 4.47. The third-order valence-corrected chi connectivity index (χ3v) is 3.71. The Morgan fingerprint density at radius 3 is 1.45 bits per heavy atom. The molecule has 0 saturated carbocycles. The first-order valence-corrected chi connectivity index (χ1v) is 7.26. The van der Waals surface area contributed by atoms with E-state index in [1.54, 1.807) is 0 Å². The molecule has 0 aliphatic heterocycles. The molecule has 0 amide bonds. The number of hydrogen-bond acceptors (Lipinski definition) is 0. The van der Waals surface area contributed by atoms with Crippen LogP contribution in [-0.2, 0) is 0 Å². The standard InChI is InChI=1S/C18H16Cl2/c1-3-5-15-11-13(7-9-17(15)19)14-8-10-18(20)16(12-14)6-4-2/h3-12H,1-2H3. The van der Waals surface area contributed by atoms with Crippen molar-refractivity contribution in [2.24, 2.45) is 0 Å². The van der Waals surface area contributed by atoms with Gasteiger partial charge in [0, 0.05) is 10.0 Å². The molecule has 0 heterocycles. The van der Waals surface area contributed by atoms with E-state index in [9.17, 15) is 0 Å². The Morgan fingerprint density at radius 2 is 1.10 bits per heavy atom. The first-order valence-electron chi connectivity index (χ1n) is 6.50. The lowest BCUT2D eigenvalue weighted by Gasteiger charge is -2.07. The smallest absolute Gasteiger partial charge is 0.0478 e. The van der Waals surface area contributed by atoms with Crippen LogP contribution in [0.15, 0.2) is 48.6 Å². The van der Waals surface area contributed by atoms with Gasteiger partial charge in [0.1, 0.15) is 0 Å². The Kier molecular flexibility index (Phi) is 5.05. The number of benzene rings is 2. The van der Waals surface area contributed by atoms with Gasteiger partial charge in [0.15, 0.2) is 0 Å². The van der Waals surface area contributed by atoms with Gasteiger partial charge in [-0.3, -0.25) is 0 Å². The summed E-state index contributed by atoms with van der Waals surface area (Å²) in [7, 11) is 0. The number of allylic oxidation sites excluding steroid dienone is 2. The maximum Gasteiger partial charge on any atom is 0.0478 e. The first kappa shape index (κ1) is 14.9. The molecule has 102 valence electrons. The van der Waals surface area contributed by atoms with E-state index in [4.69, 9.17) is 23.2 Å². The normalized spacial score (nSPS) is 11.6. The largest absolute Gasteiger partial charge is 0.0870 e. The van der Waals surface area contributed by atoms with E-state index in [0.717, 1.165) is 32.3 Å². The molecule has 2 aromatic carbocycles. The molecule has 0 radical (unpaired) electrons.